The van der Waals surface area contributed by atoms with Crippen LogP contribution in [-0.2, 0) is 10.0 Å². The quantitative estimate of drug-likeness (QED) is 0.879. The van der Waals surface area contributed by atoms with Crippen molar-refractivity contribution >= 4 is 10.0 Å². The van der Waals surface area contributed by atoms with E-state index in [2.05, 4.69) is 4.72 Å². The van der Waals surface area contributed by atoms with E-state index in [9.17, 15) is 12.8 Å². The van der Waals surface area contributed by atoms with Gasteiger partial charge in [0, 0.05) is 12.1 Å². The molecule has 2 rings (SSSR count). The van der Waals surface area contributed by atoms with Crippen molar-refractivity contribution in [3.63, 3.8) is 0 Å². The summed E-state index contributed by atoms with van der Waals surface area (Å²) in [6.07, 6.45) is 0. The molecule has 2 aromatic carbocycles. The lowest BCUT2D eigenvalue weighted by molar-refractivity contribution is 0.354. The fraction of sp³-hybridized carbons (Fsp3) is 0.250. The number of methoxy groups -OCH3 is 2. The molecule has 0 aromatic heterocycles. The first kappa shape index (κ1) is 17.2. The van der Waals surface area contributed by atoms with Gasteiger partial charge in [-0.15, -0.1) is 0 Å². The van der Waals surface area contributed by atoms with Crippen LogP contribution in [-0.4, -0.2) is 22.6 Å². The molecule has 0 saturated heterocycles. The predicted molar refractivity (Wildman–Crippen MR) is 84.7 cm³/mol. The van der Waals surface area contributed by atoms with E-state index in [0.29, 0.717) is 17.1 Å². The Bertz CT molecular complexity index is 775. The molecule has 23 heavy (non-hydrogen) atoms. The second-order valence-electron chi connectivity index (χ2n) is 4.91. The summed E-state index contributed by atoms with van der Waals surface area (Å²) in [7, 11) is -0.848. The van der Waals surface area contributed by atoms with Crippen LogP contribution in [0.15, 0.2) is 47.4 Å². The topological polar surface area (TPSA) is 64.6 Å². The van der Waals surface area contributed by atoms with Gasteiger partial charge in [0.05, 0.1) is 19.1 Å². The molecule has 0 heterocycles. The Morgan fingerprint density at radius 1 is 1.00 bits per heavy atom. The van der Waals surface area contributed by atoms with Gasteiger partial charge >= 0.3 is 0 Å². The predicted octanol–water partition coefficient (Wildman–Crippen LogP) is 2.88. The van der Waals surface area contributed by atoms with Crippen LogP contribution in [0, 0.1) is 5.82 Å². The van der Waals surface area contributed by atoms with Crippen molar-refractivity contribution in [2.24, 2.45) is 0 Å². The average molecular weight is 339 g/mol. The van der Waals surface area contributed by atoms with Gasteiger partial charge in [0.1, 0.15) is 5.82 Å². The molecule has 124 valence electrons. The van der Waals surface area contributed by atoms with Gasteiger partial charge < -0.3 is 9.47 Å². The maximum absolute atomic E-state index is 12.9. The van der Waals surface area contributed by atoms with Crippen molar-refractivity contribution in [1.82, 2.24) is 4.72 Å². The van der Waals surface area contributed by atoms with Crippen LogP contribution in [0.25, 0.3) is 0 Å². The minimum absolute atomic E-state index is 0.0594. The minimum atomic E-state index is -3.75. The second-order valence-corrected chi connectivity index (χ2v) is 6.63. The first-order valence-corrected chi connectivity index (χ1v) is 8.35. The largest absolute Gasteiger partial charge is 0.493 e. The average Bonchev–Trinajstić information content (AvgIpc) is 2.54. The van der Waals surface area contributed by atoms with Crippen molar-refractivity contribution in [3.8, 4) is 11.5 Å². The Kier molecular flexibility index (Phi) is 5.23. The van der Waals surface area contributed by atoms with Gasteiger partial charge in [0.25, 0.3) is 0 Å². The molecule has 0 aliphatic heterocycles. The van der Waals surface area contributed by atoms with Gasteiger partial charge in [-0.25, -0.2) is 17.5 Å². The zero-order chi connectivity index (χ0) is 17.0. The van der Waals surface area contributed by atoms with Gasteiger partial charge in [0.15, 0.2) is 11.5 Å². The third-order valence-corrected chi connectivity index (χ3v) is 4.91. The Balaban J connectivity index is 2.26. The summed E-state index contributed by atoms with van der Waals surface area (Å²) in [6.45, 7) is 1.69. The highest BCUT2D eigenvalue weighted by Crippen LogP contribution is 2.29. The summed E-state index contributed by atoms with van der Waals surface area (Å²) >= 11 is 0. The minimum Gasteiger partial charge on any atom is -0.493 e. The number of sulfonamides is 1. The van der Waals surface area contributed by atoms with Crippen LogP contribution >= 0.6 is 0 Å². The number of nitrogens with one attached hydrogen (secondary N) is 1. The molecule has 0 radical (unpaired) electrons. The van der Waals surface area contributed by atoms with Gasteiger partial charge in [-0.2, -0.15) is 0 Å². The van der Waals surface area contributed by atoms with Crippen molar-refractivity contribution in [2.45, 2.75) is 17.9 Å². The van der Waals surface area contributed by atoms with Crippen molar-refractivity contribution in [2.75, 3.05) is 14.2 Å². The number of benzene rings is 2. The molecule has 1 N–H and O–H groups in total. The first-order valence-electron chi connectivity index (χ1n) is 6.87. The van der Waals surface area contributed by atoms with E-state index in [1.165, 1.54) is 56.7 Å². The number of halogens is 1. The molecular formula is C16H18FNO4S. The third-order valence-electron chi connectivity index (χ3n) is 3.37. The molecule has 0 unspecified atom stereocenters. The molecular weight excluding hydrogens is 321 g/mol. The first-order chi connectivity index (χ1) is 10.9. The molecule has 1 atom stereocenters. The highest BCUT2D eigenvalue weighted by atomic mass is 32.2. The van der Waals surface area contributed by atoms with Gasteiger partial charge in [-0.1, -0.05) is 12.1 Å². The van der Waals surface area contributed by atoms with E-state index in [4.69, 9.17) is 9.47 Å². The van der Waals surface area contributed by atoms with Crippen molar-refractivity contribution < 1.29 is 22.3 Å². The Labute approximate surface area is 135 Å². The molecule has 0 aliphatic rings. The summed E-state index contributed by atoms with van der Waals surface area (Å²) in [5.74, 6) is 0.395. The van der Waals surface area contributed by atoms with Crippen LogP contribution in [0.4, 0.5) is 4.39 Å². The van der Waals surface area contributed by atoms with E-state index >= 15 is 0 Å². The third kappa shape index (κ3) is 4.00. The lowest BCUT2D eigenvalue weighted by Gasteiger charge is -2.16. The second kappa shape index (κ2) is 6.97. The fourth-order valence-corrected chi connectivity index (χ4v) is 3.35. The Hall–Kier alpha value is -2.12. The standard InChI is InChI=1S/C16H18FNO4S/c1-11(12-4-6-13(17)7-5-12)18-23(19,20)14-8-9-15(21-2)16(10-14)22-3/h4-11,18H,1-3H3/t11-/m0/s1. The molecule has 0 fully saturated rings. The van der Waals surface area contributed by atoms with Gasteiger partial charge in [-0.3, -0.25) is 0 Å². The van der Waals surface area contributed by atoms with Crippen LogP contribution < -0.4 is 14.2 Å². The maximum Gasteiger partial charge on any atom is 0.241 e. The number of rotatable bonds is 6. The zero-order valence-electron chi connectivity index (χ0n) is 13.0. The van der Waals surface area contributed by atoms with Crippen LogP contribution in [0.2, 0.25) is 0 Å². The molecule has 0 amide bonds. The van der Waals surface area contributed by atoms with E-state index in [1.807, 2.05) is 0 Å². The summed E-state index contributed by atoms with van der Waals surface area (Å²) in [4.78, 5) is 0.0594. The van der Waals surface area contributed by atoms with E-state index in [-0.39, 0.29) is 10.7 Å². The summed E-state index contributed by atoms with van der Waals surface area (Å²) in [5, 5.41) is 0. The molecule has 5 nitrogen and oxygen atoms in total. The number of hydrogen-bond acceptors (Lipinski definition) is 4. The molecule has 0 saturated carbocycles. The lowest BCUT2D eigenvalue weighted by atomic mass is 10.1. The van der Waals surface area contributed by atoms with E-state index in [1.54, 1.807) is 6.92 Å². The molecule has 7 heteroatoms. The maximum atomic E-state index is 12.9. The van der Waals surface area contributed by atoms with Crippen LogP contribution in [0.5, 0.6) is 11.5 Å². The van der Waals surface area contributed by atoms with Gasteiger partial charge in [-0.05, 0) is 36.8 Å². The fourth-order valence-electron chi connectivity index (χ4n) is 2.10. The monoisotopic (exact) mass is 339 g/mol. The summed E-state index contributed by atoms with van der Waals surface area (Å²) in [5.41, 5.74) is 0.662. The lowest BCUT2D eigenvalue weighted by Crippen LogP contribution is -2.26. The van der Waals surface area contributed by atoms with Crippen molar-refractivity contribution in [3.05, 3.63) is 53.8 Å². The Morgan fingerprint density at radius 2 is 1.61 bits per heavy atom. The Morgan fingerprint density at radius 3 is 2.17 bits per heavy atom. The zero-order valence-corrected chi connectivity index (χ0v) is 13.9. The van der Waals surface area contributed by atoms with Crippen molar-refractivity contribution in [1.29, 1.82) is 0 Å². The molecule has 2 aromatic rings. The summed E-state index contributed by atoms with van der Waals surface area (Å²) in [6, 6.07) is 9.49. The molecule has 0 bridgehead atoms. The highest BCUT2D eigenvalue weighted by Gasteiger charge is 2.20. The normalized spacial score (nSPS) is 12.7. The van der Waals surface area contributed by atoms with Crippen LogP contribution in [0.3, 0.4) is 0 Å². The summed E-state index contributed by atoms with van der Waals surface area (Å²) < 4.78 is 50.6. The van der Waals surface area contributed by atoms with E-state index < -0.39 is 16.1 Å². The molecule has 0 spiro atoms. The molecule has 0 aliphatic carbocycles. The SMILES string of the molecule is COc1ccc(S(=O)(=O)N[C@@H](C)c2ccc(F)cc2)cc1OC. The smallest absolute Gasteiger partial charge is 0.241 e. The van der Waals surface area contributed by atoms with Gasteiger partial charge in [0.2, 0.25) is 10.0 Å². The number of hydrogen-bond donors (Lipinski definition) is 1. The van der Waals surface area contributed by atoms with E-state index in [0.717, 1.165) is 0 Å². The van der Waals surface area contributed by atoms with Crippen LogP contribution in [0.1, 0.15) is 18.5 Å². The highest BCUT2D eigenvalue weighted by molar-refractivity contribution is 7.89. The number of ether oxygens (including phenoxy) is 2.